The van der Waals surface area contributed by atoms with Gasteiger partial charge in [-0.1, -0.05) is 18.2 Å². The van der Waals surface area contributed by atoms with Gasteiger partial charge in [0.1, 0.15) is 11.6 Å². The molecule has 4 rings (SSSR count). The Morgan fingerprint density at radius 2 is 2.08 bits per heavy atom. The highest BCUT2D eigenvalue weighted by atomic mass is 32.1. The van der Waals surface area contributed by atoms with Gasteiger partial charge in [0, 0.05) is 41.9 Å². The smallest absolute Gasteiger partial charge is 0.308 e. The van der Waals surface area contributed by atoms with Crippen molar-refractivity contribution in [3.05, 3.63) is 51.7 Å². The zero-order valence-electron chi connectivity index (χ0n) is 14.5. The number of benzene rings is 1. The van der Waals surface area contributed by atoms with E-state index in [2.05, 4.69) is 5.32 Å². The second-order valence-electron chi connectivity index (χ2n) is 6.86. The van der Waals surface area contributed by atoms with E-state index in [1.807, 2.05) is 0 Å². The van der Waals surface area contributed by atoms with Crippen LogP contribution in [-0.2, 0) is 22.6 Å². The molecule has 1 saturated carbocycles. The Bertz CT molecular complexity index is 872. The molecule has 0 radical (unpaired) electrons. The predicted octanol–water partition coefficient (Wildman–Crippen LogP) is 3.57. The minimum atomic E-state index is -0.724. The molecule has 4 nitrogen and oxygen atoms in total. The monoisotopic (exact) mass is 373 g/mol. The van der Waals surface area contributed by atoms with E-state index < -0.39 is 17.7 Å². The quantitative estimate of drug-likeness (QED) is 0.814. The summed E-state index contributed by atoms with van der Waals surface area (Å²) in [7, 11) is 0. The van der Waals surface area contributed by atoms with Crippen molar-refractivity contribution in [2.45, 2.75) is 38.6 Å². The lowest BCUT2D eigenvalue weighted by atomic mass is 9.83. The van der Waals surface area contributed by atoms with E-state index in [0.717, 1.165) is 36.2 Å². The number of ether oxygens (including phenoxy) is 1. The summed E-state index contributed by atoms with van der Waals surface area (Å²) in [6.45, 7) is 2.79. The molecule has 1 atom stereocenters. The number of hydrogen-bond donors (Lipinski definition) is 1. The average molecular weight is 373 g/mol. The van der Waals surface area contributed by atoms with Crippen LogP contribution in [0.2, 0.25) is 0 Å². The lowest BCUT2D eigenvalue weighted by Crippen LogP contribution is -2.25. The van der Waals surface area contributed by atoms with Crippen molar-refractivity contribution in [2.24, 2.45) is 5.92 Å². The molecular formula is C20H20FNO3S. The third kappa shape index (κ3) is 3.19. The van der Waals surface area contributed by atoms with Gasteiger partial charge >= 0.3 is 5.97 Å². The van der Waals surface area contributed by atoms with E-state index in [0.29, 0.717) is 22.7 Å². The van der Waals surface area contributed by atoms with Crippen molar-refractivity contribution >= 4 is 23.1 Å². The maximum Gasteiger partial charge on any atom is 0.308 e. The molecule has 1 aromatic carbocycles. The van der Waals surface area contributed by atoms with Crippen LogP contribution in [0.4, 0.5) is 4.39 Å². The highest BCUT2D eigenvalue weighted by Gasteiger charge is 2.41. The summed E-state index contributed by atoms with van der Waals surface area (Å²) < 4.78 is 20.1. The molecule has 2 aliphatic rings. The van der Waals surface area contributed by atoms with Crippen LogP contribution < -0.4 is 10.1 Å². The summed E-state index contributed by atoms with van der Waals surface area (Å²) in [6, 6.07) is 6.41. The Morgan fingerprint density at radius 1 is 1.31 bits per heavy atom. The summed E-state index contributed by atoms with van der Waals surface area (Å²) >= 11 is 1.41. The van der Waals surface area contributed by atoms with Crippen LogP contribution in [-0.4, -0.2) is 18.3 Å². The first-order valence-corrected chi connectivity index (χ1v) is 9.69. The van der Waals surface area contributed by atoms with Crippen LogP contribution >= 0.6 is 11.3 Å². The van der Waals surface area contributed by atoms with Crippen LogP contribution in [0.5, 0.6) is 5.06 Å². The number of thiophene rings is 1. The van der Waals surface area contributed by atoms with Crippen molar-refractivity contribution in [2.75, 3.05) is 6.54 Å². The first kappa shape index (κ1) is 17.4. The minimum absolute atomic E-state index is 0.0228. The Hall–Kier alpha value is -2.05. The minimum Gasteiger partial charge on any atom is -0.415 e. The molecule has 0 amide bonds. The lowest BCUT2D eigenvalue weighted by Gasteiger charge is -2.21. The summed E-state index contributed by atoms with van der Waals surface area (Å²) in [5, 5.41) is 3.75. The number of ketones is 1. The SMILES string of the molecule is CC(=O)Oc1sc2c(c1C(C(=O)C1CC1)c1ccccc1F)CNCC2. The molecule has 1 aromatic heterocycles. The van der Waals surface area contributed by atoms with E-state index in [-0.39, 0.29) is 11.7 Å². The molecule has 0 bridgehead atoms. The van der Waals surface area contributed by atoms with Crippen LogP contribution in [0, 0.1) is 11.7 Å². The molecule has 0 saturated heterocycles. The number of hydrogen-bond acceptors (Lipinski definition) is 5. The Kier molecular flexibility index (Phi) is 4.63. The van der Waals surface area contributed by atoms with Crippen molar-refractivity contribution in [1.82, 2.24) is 5.32 Å². The second-order valence-corrected chi connectivity index (χ2v) is 7.92. The molecule has 26 heavy (non-hydrogen) atoms. The van der Waals surface area contributed by atoms with Gasteiger partial charge in [0.15, 0.2) is 5.06 Å². The molecule has 1 aliphatic carbocycles. The van der Waals surface area contributed by atoms with E-state index in [1.54, 1.807) is 18.2 Å². The predicted molar refractivity (Wildman–Crippen MR) is 97.0 cm³/mol. The van der Waals surface area contributed by atoms with Crippen LogP contribution in [0.3, 0.4) is 0 Å². The molecule has 136 valence electrons. The zero-order valence-corrected chi connectivity index (χ0v) is 15.3. The Balaban J connectivity index is 1.90. The van der Waals surface area contributed by atoms with E-state index >= 15 is 0 Å². The maximum atomic E-state index is 14.6. The first-order chi connectivity index (χ1) is 12.6. The van der Waals surface area contributed by atoms with Gasteiger partial charge in [0.25, 0.3) is 0 Å². The lowest BCUT2D eigenvalue weighted by molar-refractivity contribution is -0.131. The molecule has 2 heterocycles. The number of rotatable bonds is 5. The summed E-state index contributed by atoms with van der Waals surface area (Å²) in [5.41, 5.74) is 2.03. The first-order valence-electron chi connectivity index (χ1n) is 8.88. The Labute approximate surface area is 155 Å². The molecule has 1 aliphatic heterocycles. The average Bonchev–Trinajstić information content (AvgIpc) is 3.40. The van der Waals surface area contributed by atoms with Gasteiger partial charge in [-0.05, 0) is 30.9 Å². The van der Waals surface area contributed by atoms with Gasteiger partial charge in [-0.3, -0.25) is 9.59 Å². The molecule has 6 heteroatoms. The zero-order chi connectivity index (χ0) is 18.3. The third-order valence-electron chi connectivity index (χ3n) is 4.93. The van der Waals surface area contributed by atoms with Crippen LogP contribution in [0.1, 0.15) is 47.3 Å². The molecule has 1 unspecified atom stereocenters. The van der Waals surface area contributed by atoms with E-state index in [4.69, 9.17) is 4.74 Å². The topological polar surface area (TPSA) is 55.4 Å². The molecule has 1 N–H and O–H groups in total. The summed E-state index contributed by atoms with van der Waals surface area (Å²) in [6.07, 6.45) is 2.50. The fourth-order valence-corrected chi connectivity index (χ4v) is 4.82. The van der Waals surface area contributed by atoms with E-state index in [9.17, 15) is 14.0 Å². The van der Waals surface area contributed by atoms with E-state index in [1.165, 1.54) is 24.3 Å². The highest BCUT2D eigenvalue weighted by molar-refractivity contribution is 7.14. The van der Waals surface area contributed by atoms with Gasteiger partial charge in [0.05, 0.1) is 5.92 Å². The molecule has 2 aromatic rings. The van der Waals surface area contributed by atoms with Crippen molar-refractivity contribution in [3.8, 4) is 5.06 Å². The molecular weight excluding hydrogens is 353 g/mol. The maximum absolute atomic E-state index is 14.6. The Morgan fingerprint density at radius 3 is 2.77 bits per heavy atom. The van der Waals surface area contributed by atoms with Crippen molar-refractivity contribution in [3.63, 3.8) is 0 Å². The fraction of sp³-hybridized carbons (Fsp3) is 0.400. The molecule has 1 fully saturated rings. The number of esters is 1. The number of Topliss-reactive ketones (excluding diaryl/α,β-unsaturated/α-hetero) is 1. The van der Waals surface area contributed by atoms with Gasteiger partial charge in [-0.2, -0.15) is 0 Å². The summed E-state index contributed by atoms with van der Waals surface area (Å²) in [4.78, 5) is 25.9. The number of halogens is 1. The van der Waals surface area contributed by atoms with Crippen molar-refractivity contribution in [1.29, 1.82) is 0 Å². The van der Waals surface area contributed by atoms with Gasteiger partial charge in [0.2, 0.25) is 0 Å². The number of fused-ring (bicyclic) bond motifs is 1. The van der Waals surface area contributed by atoms with Crippen molar-refractivity contribution < 1.29 is 18.7 Å². The fourth-order valence-electron chi connectivity index (χ4n) is 3.58. The number of nitrogens with one attached hydrogen (secondary N) is 1. The molecule has 0 spiro atoms. The number of carbonyl (C=O) groups excluding carboxylic acids is 2. The van der Waals surface area contributed by atoms with Gasteiger partial charge in [-0.25, -0.2) is 4.39 Å². The second kappa shape index (κ2) is 6.93. The third-order valence-corrected chi connectivity index (χ3v) is 6.12. The normalized spacial score (nSPS) is 17.5. The van der Waals surface area contributed by atoms with Gasteiger partial charge < -0.3 is 10.1 Å². The highest BCUT2D eigenvalue weighted by Crippen LogP contribution is 2.48. The standard InChI is InChI=1S/C20H20FNO3S/c1-11(23)25-20-18(14-10-22-9-8-16(14)26-20)17(19(24)12-6-7-12)13-4-2-3-5-15(13)21/h2-5,12,17,22H,6-10H2,1H3. The van der Waals surface area contributed by atoms with Gasteiger partial charge in [-0.15, -0.1) is 11.3 Å². The number of carbonyl (C=O) groups is 2. The van der Waals surface area contributed by atoms with Crippen LogP contribution in [0.25, 0.3) is 0 Å². The van der Waals surface area contributed by atoms with Crippen LogP contribution in [0.15, 0.2) is 24.3 Å². The largest absolute Gasteiger partial charge is 0.415 e. The summed E-state index contributed by atoms with van der Waals surface area (Å²) in [5.74, 6) is -1.56.